The highest BCUT2D eigenvalue weighted by Gasteiger charge is 2.19. The maximum absolute atomic E-state index is 4.47. The Kier molecular flexibility index (Phi) is 5.14. The predicted octanol–water partition coefficient (Wildman–Crippen LogP) is 2.25. The van der Waals surface area contributed by atoms with E-state index in [1.165, 1.54) is 12.8 Å². The van der Waals surface area contributed by atoms with Crippen LogP contribution in [0, 0.1) is 5.92 Å². The van der Waals surface area contributed by atoms with Crippen molar-refractivity contribution in [2.24, 2.45) is 5.92 Å². The third-order valence-electron chi connectivity index (χ3n) is 3.58. The van der Waals surface area contributed by atoms with Crippen molar-refractivity contribution in [1.82, 2.24) is 15.3 Å². The summed E-state index contributed by atoms with van der Waals surface area (Å²) in [6.45, 7) is 9.92. The van der Waals surface area contributed by atoms with E-state index in [1.807, 2.05) is 0 Å². The Labute approximate surface area is 116 Å². The van der Waals surface area contributed by atoms with Gasteiger partial charge in [0.1, 0.15) is 12.1 Å². The van der Waals surface area contributed by atoms with Gasteiger partial charge >= 0.3 is 0 Å². The second-order valence-corrected chi connectivity index (χ2v) is 5.81. The maximum Gasteiger partial charge on any atom is 0.132 e. The molecule has 1 atom stereocenters. The van der Waals surface area contributed by atoms with Crippen molar-refractivity contribution in [1.29, 1.82) is 0 Å². The topological polar surface area (TPSA) is 41.0 Å². The predicted molar refractivity (Wildman–Crippen MR) is 79.5 cm³/mol. The van der Waals surface area contributed by atoms with Crippen molar-refractivity contribution >= 4 is 5.82 Å². The lowest BCUT2D eigenvalue weighted by Gasteiger charge is -2.28. The number of nitrogens with zero attached hydrogens (tertiary/aromatic N) is 3. The van der Waals surface area contributed by atoms with Crippen molar-refractivity contribution in [2.45, 2.75) is 46.1 Å². The van der Waals surface area contributed by atoms with Crippen LogP contribution in [0.1, 0.15) is 39.3 Å². The molecule has 2 heterocycles. The van der Waals surface area contributed by atoms with Crippen molar-refractivity contribution in [2.75, 3.05) is 24.5 Å². The molecule has 0 amide bonds. The van der Waals surface area contributed by atoms with Crippen LogP contribution in [-0.4, -0.2) is 35.6 Å². The fraction of sp³-hybridized carbons (Fsp3) is 0.733. The molecule has 1 aliphatic rings. The van der Waals surface area contributed by atoms with E-state index in [0.717, 1.165) is 37.6 Å². The van der Waals surface area contributed by atoms with Crippen molar-refractivity contribution in [3.63, 3.8) is 0 Å². The van der Waals surface area contributed by atoms with Gasteiger partial charge in [0, 0.05) is 30.9 Å². The van der Waals surface area contributed by atoms with Crippen LogP contribution in [0.3, 0.4) is 0 Å². The Morgan fingerprint density at radius 1 is 1.42 bits per heavy atom. The summed E-state index contributed by atoms with van der Waals surface area (Å²) in [5.41, 5.74) is 1.12. The van der Waals surface area contributed by atoms with E-state index in [-0.39, 0.29) is 0 Å². The van der Waals surface area contributed by atoms with Gasteiger partial charge in [0.05, 0.1) is 0 Å². The number of anilines is 1. The number of nitrogens with one attached hydrogen (secondary N) is 1. The number of rotatable bonds is 6. The van der Waals surface area contributed by atoms with E-state index in [0.29, 0.717) is 12.0 Å². The first-order chi connectivity index (χ1) is 9.19. The summed E-state index contributed by atoms with van der Waals surface area (Å²) in [5, 5.41) is 3.57. The Hall–Kier alpha value is -1.16. The van der Waals surface area contributed by atoms with Gasteiger partial charge in [0.15, 0.2) is 0 Å². The van der Waals surface area contributed by atoms with E-state index in [2.05, 4.69) is 47.0 Å². The van der Waals surface area contributed by atoms with Crippen LogP contribution in [0.4, 0.5) is 5.82 Å². The highest BCUT2D eigenvalue weighted by molar-refractivity contribution is 5.39. The lowest BCUT2D eigenvalue weighted by atomic mass is 10.1. The molecule has 106 valence electrons. The largest absolute Gasteiger partial charge is 0.355 e. The Bertz CT molecular complexity index is 385. The van der Waals surface area contributed by atoms with E-state index in [1.54, 1.807) is 6.33 Å². The third kappa shape index (κ3) is 4.16. The fourth-order valence-electron chi connectivity index (χ4n) is 2.63. The van der Waals surface area contributed by atoms with E-state index >= 15 is 0 Å². The third-order valence-corrected chi connectivity index (χ3v) is 3.58. The standard InChI is InChI=1S/C15H26N4/c1-4-13-8-15(18-11-17-13)19(9-12(2)3)10-14-6-5-7-16-14/h8,11-12,14,16H,4-7,9-10H2,1-3H3. The van der Waals surface area contributed by atoms with Gasteiger partial charge in [-0.15, -0.1) is 0 Å². The molecule has 0 bridgehead atoms. The molecular weight excluding hydrogens is 236 g/mol. The quantitative estimate of drug-likeness (QED) is 0.854. The maximum atomic E-state index is 4.47. The zero-order chi connectivity index (χ0) is 13.7. The van der Waals surface area contributed by atoms with Gasteiger partial charge in [0.2, 0.25) is 0 Å². The Balaban J connectivity index is 2.10. The summed E-state index contributed by atoms with van der Waals surface area (Å²) in [5.74, 6) is 1.72. The van der Waals surface area contributed by atoms with Crippen molar-refractivity contribution in [3.05, 3.63) is 18.1 Å². The first-order valence-electron chi connectivity index (χ1n) is 7.48. The molecule has 0 spiro atoms. The Morgan fingerprint density at radius 3 is 2.89 bits per heavy atom. The summed E-state index contributed by atoms with van der Waals surface area (Å²) in [6, 6.07) is 2.75. The zero-order valence-electron chi connectivity index (χ0n) is 12.4. The lowest BCUT2D eigenvalue weighted by Crippen LogP contribution is -2.40. The smallest absolute Gasteiger partial charge is 0.132 e. The first-order valence-corrected chi connectivity index (χ1v) is 7.48. The molecule has 2 rings (SSSR count). The molecule has 0 aromatic carbocycles. The molecule has 1 N–H and O–H groups in total. The molecule has 4 nitrogen and oxygen atoms in total. The highest BCUT2D eigenvalue weighted by atomic mass is 15.2. The molecule has 1 aromatic rings. The average molecular weight is 262 g/mol. The molecule has 19 heavy (non-hydrogen) atoms. The summed E-state index contributed by atoms with van der Waals surface area (Å²) in [7, 11) is 0. The van der Waals surface area contributed by atoms with Gasteiger partial charge in [-0.1, -0.05) is 20.8 Å². The minimum absolute atomic E-state index is 0.610. The molecule has 0 saturated carbocycles. The van der Waals surface area contributed by atoms with E-state index in [9.17, 15) is 0 Å². The van der Waals surface area contributed by atoms with Gasteiger partial charge in [-0.3, -0.25) is 0 Å². The van der Waals surface area contributed by atoms with Crippen molar-refractivity contribution < 1.29 is 0 Å². The number of aromatic nitrogens is 2. The second kappa shape index (κ2) is 6.85. The summed E-state index contributed by atoms with van der Waals surface area (Å²) in [4.78, 5) is 11.2. The second-order valence-electron chi connectivity index (χ2n) is 5.81. The minimum Gasteiger partial charge on any atom is -0.355 e. The van der Waals surface area contributed by atoms with Gasteiger partial charge < -0.3 is 10.2 Å². The summed E-state index contributed by atoms with van der Waals surface area (Å²) in [6.07, 6.45) is 5.24. The van der Waals surface area contributed by atoms with Gasteiger partial charge in [0.25, 0.3) is 0 Å². The summed E-state index contributed by atoms with van der Waals surface area (Å²) >= 11 is 0. The molecule has 1 aromatic heterocycles. The van der Waals surface area contributed by atoms with Crippen molar-refractivity contribution in [3.8, 4) is 0 Å². The molecular formula is C15H26N4. The summed E-state index contributed by atoms with van der Waals surface area (Å²) < 4.78 is 0. The van der Waals surface area contributed by atoms with Gasteiger partial charge in [-0.25, -0.2) is 9.97 Å². The normalized spacial score (nSPS) is 19.1. The zero-order valence-corrected chi connectivity index (χ0v) is 12.4. The molecule has 4 heteroatoms. The van der Waals surface area contributed by atoms with Crippen LogP contribution >= 0.6 is 0 Å². The van der Waals surface area contributed by atoms with E-state index in [4.69, 9.17) is 0 Å². The highest BCUT2D eigenvalue weighted by Crippen LogP contribution is 2.16. The average Bonchev–Trinajstić information content (AvgIpc) is 2.90. The Morgan fingerprint density at radius 2 is 2.26 bits per heavy atom. The van der Waals surface area contributed by atoms with Crippen LogP contribution < -0.4 is 10.2 Å². The number of aryl methyl sites for hydroxylation is 1. The number of hydrogen-bond acceptors (Lipinski definition) is 4. The van der Waals surface area contributed by atoms with Gasteiger partial charge in [-0.05, 0) is 31.7 Å². The van der Waals surface area contributed by atoms with Crippen LogP contribution in [0.25, 0.3) is 0 Å². The molecule has 1 saturated heterocycles. The SMILES string of the molecule is CCc1cc(N(CC(C)C)CC2CCCN2)ncn1. The minimum atomic E-state index is 0.610. The first kappa shape index (κ1) is 14.3. The van der Waals surface area contributed by atoms with Crippen LogP contribution in [-0.2, 0) is 6.42 Å². The molecule has 1 unspecified atom stereocenters. The van der Waals surface area contributed by atoms with Crippen LogP contribution in [0.2, 0.25) is 0 Å². The van der Waals surface area contributed by atoms with Crippen LogP contribution in [0.5, 0.6) is 0 Å². The molecule has 1 aliphatic heterocycles. The van der Waals surface area contributed by atoms with Crippen LogP contribution in [0.15, 0.2) is 12.4 Å². The molecule has 0 aliphatic carbocycles. The monoisotopic (exact) mass is 262 g/mol. The fourth-order valence-corrected chi connectivity index (χ4v) is 2.63. The lowest BCUT2D eigenvalue weighted by molar-refractivity contribution is 0.537. The van der Waals surface area contributed by atoms with Gasteiger partial charge in [-0.2, -0.15) is 0 Å². The molecule has 0 radical (unpaired) electrons. The molecule has 1 fully saturated rings. The number of hydrogen-bond donors (Lipinski definition) is 1. The van der Waals surface area contributed by atoms with E-state index < -0.39 is 0 Å².